The summed E-state index contributed by atoms with van der Waals surface area (Å²) in [5.74, 6) is 2.44. The summed E-state index contributed by atoms with van der Waals surface area (Å²) in [6.07, 6.45) is 0. The number of hydrogen-bond donors (Lipinski definition) is 0. The Kier molecular flexibility index (Phi) is 6.17. The Hall–Kier alpha value is -1.65. The lowest BCUT2D eigenvalue weighted by atomic mass is 9.88. The predicted molar refractivity (Wildman–Crippen MR) is 106 cm³/mol. The van der Waals surface area contributed by atoms with Crippen molar-refractivity contribution in [3.05, 3.63) is 29.2 Å². The first kappa shape index (κ1) is 22.4. The van der Waals surface area contributed by atoms with Gasteiger partial charge in [-0.1, -0.05) is 93.4 Å². The Balaban J connectivity index is 0.000000260. The molecule has 0 saturated heterocycles. The molecule has 2 aromatic heterocycles. The smallest absolute Gasteiger partial charge is 0.232 e. The molecule has 0 N–H and O–H groups in total. The molecule has 0 aliphatic heterocycles. The average molecular weight is 364 g/mol. The van der Waals surface area contributed by atoms with Gasteiger partial charge in [-0.25, -0.2) is 0 Å². The van der Waals surface area contributed by atoms with Gasteiger partial charge >= 0.3 is 0 Å². The van der Waals surface area contributed by atoms with Crippen molar-refractivity contribution in [3.63, 3.8) is 0 Å². The third-order valence-corrected chi connectivity index (χ3v) is 3.76. The van der Waals surface area contributed by atoms with Crippen molar-refractivity contribution in [2.24, 2.45) is 0 Å². The minimum absolute atomic E-state index is 0.0347. The van der Waals surface area contributed by atoms with Crippen LogP contribution in [0.25, 0.3) is 0 Å². The van der Waals surface area contributed by atoms with Crippen molar-refractivity contribution in [2.75, 3.05) is 0 Å². The Morgan fingerprint density at radius 2 is 1.15 bits per heavy atom. The minimum atomic E-state index is -0.0590. The number of rotatable bonds is 0. The van der Waals surface area contributed by atoms with Crippen molar-refractivity contribution in [3.8, 4) is 0 Å². The largest absolute Gasteiger partial charge is 0.361 e. The normalized spacial score (nSPS) is 13.4. The summed E-state index contributed by atoms with van der Waals surface area (Å²) in [6, 6.07) is 2.06. The molecule has 5 heteroatoms. The molecule has 0 fully saturated rings. The Morgan fingerprint density at radius 1 is 0.615 bits per heavy atom. The maximum Gasteiger partial charge on any atom is 0.232 e. The molecule has 0 spiro atoms. The molecule has 2 heterocycles. The summed E-state index contributed by atoms with van der Waals surface area (Å²) in [4.78, 5) is 4.38. The van der Waals surface area contributed by atoms with E-state index in [1.54, 1.807) is 0 Å². The summed E-state index contributed by atoms with van der Waals surface area (Å²) in [6.45, 7) is 25.2. The second-order valence-corrected chi connectivity index (χ2v) is 11.0. The third kappa shape index (κ3) is 6.26. The molecule has 0 saturated carbocycles. The molecule has 0 aromatic carbocycles. The van der Waals surface area contributed by atoms with Gasteiger partial charge in [-0.05, 0) is 0 Å². The lowest BCUT2D eigenvalue weighted by Gasteiger charge is -2.14. The first-order chi connectivity index (χ1) is 11.4. The molecule has 0 aliphatic rings. The van der Waals surface area contributed by atoms with Crippen LogP contribution >= 0.6 is 0 Å². The molecule has 0 aliphatic carbocycles. The summed E-state index contributed by atoms with van der Waals surface area (Å²) in [5, 5.41) is 8.05. The van der Waals surface area contributed by atoms with Crippen LogP contribution < -0.4 is 0 Å². The zero-order chi connectivity index (χ0) is 20.6. The van der Waals surface area contributed by atoms with Crippen LogP contribution in [-0.4, -0.2) is 15.3 Å². The van der Waals surface area contributed by atoms with E-state index < -0.39 is 0 Å². The van der Waals surface area contributed by atoms with Crippen molar-refractivity contribution < 1.29 is 9.05 Å². The van der Waals surface area contributed by atoms with Gasteiger partial charge in [-0.2, -0.15) is 4.98 Å². The Bertz CT molecular complexity index is 580. The van der Waals surface area contributed by atoms with E-state index in [0.717, 1.165) is 17.3 Å². The van der Waals surface area contributed by atoms with Crippen LogP contribution in [0.2, 0.25) is 0 Å². The summed E-state index contributed by atoms with van der Waals surface area (Å²) < 4.78 is 10.5. The highest BCUT2D eigenvalue weighted by molar-refractivity contribution is 5.18. The zero-order valence-electron chi connectivity index (χ0n) is 18.7. The first-order valence-electron chi connectivity index (χ1n) is 9.25. The van der Waals surface area contributed by atoms with E-state index in [4.69, 9.17) is 9.05 Å². The van der Waals surface area contributed by atoms with E-state index in [-0.39, 0.29) is 21.7 Å². The molecule has 0 bridgehead atoms. The van der Waals surface area contributed by atoms with Crippen molar-refractivity contribution in [2.45, 2.75) is 105 Å². The van der Waals surface area contributed by atoms with E-state index in [9.17, 15) is 0 Å². The average Bonchev–Trinajstić information content (AvgIpc) is 3.06. The van der Waals surface area contributed by atoms with Crippen molar-refractivity contribution in [1.29, 1.82) is 0 Å². The van der Waals surface area contributed by atoms with Crippen LogP contribution in [0.4, 0.5) is 0 Å². The monoisotopic (exact) mass is 363 g/mol. The molecular formula is C21H37N3O2. The van der Waals surface area contributed by atoms with Crippen LogP contribution in [-0.2, 0) is 21.7 Å². The van der Waals surface area contributed by atoms with Gasteiger partial charge in [-0.15, -0.1) is 0 Å². The minimum Gasteiger partial charge on any atom is -0.361 e. The maximum absolute atomic E-state index is 5.31. The molecule has 26 heavy (non-hydrogen) atoms. The molecule has 0 radical (unpaired) electrons. The molecule has 0 unspecified atom stereocenters. The summed E-state index contributed by atoms with van der Waals surface area (Å²) in [7, 11) is 0. The first-order valence-corrected chi connectivity index (χ1v) is 9.25. The van der Waals surface area contributed by atoms with Gasteiger partial charge in [-0.3, -0.25) is 0 Å². The lowest BCUT2D eigenvalue weighted by molar-refractivity contribution is 0.314. The predicted octanol–water partition coefficient (Wildman–Crippen LogP) is 5.93. The molecule has 5 nitrogen and oxygen atoms in total. The van der Waals surface area contributed by atoms with Crippen LogP contribution in [0, 0.1) is 0 Å². The fraction of sp³-hybridized carbons (Fsp3) is 0.762. The van der Waals surface area contributed by atoms with Crippen molar-refractivity contribution >= 4 is 0 Å². The van der Waals surface area contributed by atoms with Crippen LogP contribution in [0.5, 0.6) is 0 Å². The van der Waals surface area contributed by atoms with Gasteiger partial charge in [0, 0.05) is 27.7 Å². The third-order valence-electron chi connectivity index (χ3n) is 3.76. The second kappa shape index (κ2) is 7.16. The van der Waals surface area contributed by atoms with Crippen molar-refractivity contribution in [1.82, 2.24) is 15.3 Å². The van der Waals surface area contributed by atoms with Gasteiger partial charge in [0.2, 0.25) is 5.89 Å². The van der Waals surface area contributed by atoms with Gasteiger partial charge in [0.1, 0.15) is 5.76 Å². The summed E-state index contributed by atoms with van der Waals surface area (Å²) >= 11 is 0. The second-order valence-electron chi connectivity index (χ2n) is 11.0. The highest BCUT2D eigenvalue weighted by Gasteiger charge is 2.26. The van der Waals surface area contributed by atoms with E-state index in [2.05, 4.69) is 104 Å². The maximum atomic E-state index is 5.31. The van der Waals surface area contributed by atoms with Crippen LogP contribution in [0.1, 0.15) is 106 Å². The molecular weight excluding hydrogens is 326 g/mol. The standard InChI is InChI=1S/C11H19NO.C10H18N2O/c1-10(2,3)8-7-9(13-12-8)11(4,5)6;1-9(2,3)7-11-8(13-12-7)10(4,5)6/h7H,1-6H3;1-6H3. The van der Waals surface area contributed by atoms with Gasteiger partial charge in [0.15, 0.2) is 5.82 Å². The van der Waals surface area contributed by atoms with Gasteiger partial charge in [0.05, 0.1) is 5.69 Å². The highest BCUT2D eigenvalue weighted by atomic mass is 16.5. The van der Waals surface area contributed by atoms with E-state index >= 15 is 0 Å². The molecule has 0 atom stereocenters. The Morgan fingerprint density at radius 3 is 1.38 bits per heavy atom. The highest BCUT2D eigenvalue weighted by Crippen LogP contribution is 2.28. The summed E-state index contributed by atoms with van der Waals surface area (Å²) in [5.41, 5.74) is 1.06. The number of hydrogen-bond acceptors (Lipinski definition) is 5. The SMILES string of the molecule is CC(C)(C)c1cc(C(C)(C)C)on1.CC(C)(C)c1noc(C(C)(C)C)n1. The fourth-order valence-corrected chi connectivity index (χ4v) is 1.81. The zero-order valence-corrected chi connectivity index (χ0v) is 18.7. The van der Waals surface area contributed by atoms with Crippen LogP contribution in [0.15, 0.2) is 15.1 Å². The van der Waals surface area contributed by atoms with E-state index in [1.165, 1.54) is 0 Å². The van der Waals surface area contributed by atoms with Crippen LogP contribution in [0.3, 0.4) is 0 Å². The quantitative estimate of drug-likeness (QED) is 0.580. The molecule has 148 valence electrons. The number of nitrogens with zero attached hydrogens (tertiary/aromatic N) is 3. The topological polar surface area (TPSA) is 65.0 Å². The molecule has 2 rings (SSSR count). The molecule has 0 amide bonds. The fourth-order valence-electron chi connectivity index (χ4n) is 1.81. The van der Waals surface area contributed by atoms with Gasteiger partial charge in [0.25, 0.3) is 0 Å². The van der Waals surface area contributed by atoms with E-state index in [0.29, 0.717) is 5.89 Å². The lowest BCUT2D eigenvalue weighted by Crippen LogP contribution is -2.15. The van der Waals surface area contributed by atoms with E-state index in [1.807, 2.05) is 0 Å². The Labute approximate surface area is 158 Å². The number of aromatic nitrogens is 3. The van der Waals surface area contributed by atoms with Gasteiger partial charge < -0.3 is 9.05 Å². The molecule has 2 aromatic rings.